The first kappa shape index (κ1) is 19.9. The lowest BCUT2D eigenvalue weighted by Gasteiger charge is -2.17. The van der Waals surface area contributed by atoms with Crippen molar-refractivity contribution in [3.63, 3.8) is 0 Å². The number of nitro benzene ring substituents is 2. The molecule has 2 aromatic carbocycles. The Labute approximate surface area is 156 Å². The number of nitrogens with zero attached hydrogens (tertiary/aromatic N) is 2. The molecule has 0 aliphatic heterocycles. The first-order chi connectivity index (χ1) is 12.8. The Morgan fingerprint density at radius 1 is 1.22 bits per heavy atom. The molecule has 0 fully saturated rings. The van der Waals surface area contributed by atoms with Crippen LogP contribution in [-0.4, -0.2) is 21.1 Å². The zero-order valence-electron chi connectivity index (χ0n) is 13.6. The molecule has 0 aliphatic rings. The number of hydrogen-bond donors (Lipinski definition) is 2. The Balaban J connectivity index is 2.34. The monoisotopic (exact) mass is 391 g/mol. The summed E-state index contributed by atoms with van der Waals surface area (Å²) in [4.78, 5) is 32.1. The van der Waals surface area contributed by atoms with Crippen LogP contribution in [-0.2, 0) is 0 Å². The SMILES string of the molecule is C=CC(NSc1ccccc1[N+](=O)[O-])c1cc([N+](=O)[O-])ccc1OC(=O)O. The van der Waals surface area contributed by atoms with Crippen molar-refractivity contribution in [1.29, 1.82) is 0 Å². The number of non-ortho nitro benzene ring substituents is 1. The second kappa shape index (κ2) is 8.78. The van der Waals surface area contributed by atoms with Gasteiger partial charge < -0.3 is 9.84 Å². The third-order valence-electron chi connectivity index (χ3n) is 3.33. The Bertz CT molecular complexity index is 903. The summed E-state index contributed by atoms with van der Waals surface area (Å²) in [5.74, 6) is -0.117. The molecule has 1 unspecified atom stereocenters. The second-order valence-electron chi connectivity index (χ2n) is 5.01. The van der Waals surface area contributed by atoms with Crippen molar-refractivity contribution in [2.24, 2.45) is 0 Å². The largest absolute Gasteiger partial charge is 0.511 e. The minimum atomic E-state index is -1.58. The van der Waals surface area contributed by atoms with Gasteiger partial charge in [0.05, 0.1) is 15.9 Å². The van der Waals surface area contributed by atoms with Gasteiger partial charge in [-0.2, -0.15) is 0 Å². The van der Waals surface area contributed by atoms with Crippen LogP contribution in [0, 0.1) is 20.2 Å². The highest BCUT2D eigenvalue weighted by Crippen LogP contribution is 2.34. The molecule has 2 N–H and O–H groups in total. The number of rotatable bonds is 8. The summed E-state index contributed by atoms with van der Waals surface area (Å²) < 4.78 is 7.54. The highest BCUT2D eigenvalue weighted by molar-refractivity contribution is 7.97. The molecular weight excluding hydrogens is 378 g/mol. The highest BCUT2D eigenvalue weighted by Gasteiger charge is 2.21. The molecule has 27 heavy (non-hydrogen) atoms. The van der Waals surface area contributed by atoms with Gasteiger partial charge in [-0.15, -0.1) is 6.58 Å². The van der Waals surface area contributed by atoms with Crippen molar-refractivity contribution >= 4 is 29.5 Å². The van der Waals surface area contributed by atoms with Crippen molar-refractivity contribution < 1.29 is 24.5 Å². The van der Waals surface area contributed by atoms with Crippen LogP contribution in [0.1, 0.15) is 11.6 Å². The van der Waals surface area contributed by atoms with E-state index >= 15 is 0 Å². The van der Waals surface area contributed by atoms with Gasteiger partial charge >= 0.3 is 6.16 Å². The van der Waals surface area contributed by atoms with Crippen LogP contribution in [0.5, 0.6) is 5.75 Å². The summed E-state index contributed by atoms with van der Waals surface area (Å²) in [5.41, 5.74) is -0.251. The summed E-state index contributed by atoms with van der Waals surface area (Å²) in [6, 6.07) is 8.63. The molecule has 10 nitrogen and oxygen atoms in total. The second-order valence-corrected chi connectivity index (χ2v) is 5.88. The summed E-state index contributed by atoms with van der Waals surface area (Å²) in [6.45, 7) is 3.62. The number of benzene rings is 2. The quantitative estimate of drug-likeness (QED) is 0.170. The molecule has 1 atom stereocenters. The maximum absolute atomic E-state index is 11.1. The van der Waals surface area contributed by atoms with E-state index in [0.29, 0.717) is 4.90 Å². The zero-order chi connectivity index (χ0) is 20.0. The Hall–Kier alpha value is -3.44. The van der Waals surface area contributed by atoms with E-state index in [1.807, 2.05) is 0 Å². The van der Waals surface area contributed by atoms with Crippen molar-refractivity contribution in [2.75, 3.05) is 0 Å². The van der Waals surface area contributed by atoms with Gasteiger partial charge in [-0.05, 0) is 24.1 Å². The molecular formula is C16H13N3O7S. The van der Waals surface area contributed by atoms with E-state index in [2.05, 4.69) is 16.0 Å². The molecule has 0 bridgehead atoms. The van der Waals surface area contributed by atoms with Crippen LogP contribution >= 0.6 is 11.9 Å². The summed E-state index contributed by atoms with van der Waals surface area (Å²) >= 11 is 0.909. The first-order valence-electron chi connectivity index (χ1n) is 7.31. The van der Waals surface area contributed by atoms with E-state index in [1.54, 1.807) is 6.07 Å². The van der Waals surface area contributed by atoms with Crippen molar-refractivity contribution in [3.05, 3.63) is 80.9 Å². The van der Waals surface area contributed by atoms with Gasteiger partial charge in [-0.3, -0.25) is 20.2 Å². The Morgan fingerprint density at radius 2 is 1.93 bits per heavy atom. The van der Waals surface area contributed by atoms with Gasteiger partial charge in [0.15, 0.2) is 0 Å². The lowest BCUT2D eigenvalue weighted by Crippen LogP contribution is -2.15. The number of para-hydroxylation sites is 1. The number of ether oxygens (including phenoxy) is 1. The molecule has 0 radical (unpaired) electrons. The number of nitro groups is 2. The first-order valence-corrected chi connectivity index (χ1v) is 8.12. The lowest BCUT2D eigenvalue weighted by molar-refractivity contribution is -0.387. The minimum absolute atomic E-state index is 0.117. The van der Waals surface area contributed by atoms with Crippen LogP contribution in [0.2, 0.25) is 0 Å². The van der Waals surface area contributed by atoms with Gasteiger partial charge in [0.2, 0.25) is 0 Å². The fourth-order valence-corrected chi connectivity index (χ4v) is 3.01. The molecule has 2 rings (SSSR count). The molecule has 11 heteroatoms. The van der Waals surface area contributed by atoms with Crippen LogP contribution in [0.3, 0.4) is 0 Å². The number of hydrogen-bond acceptors (Lipinski definition) is 8. The predicted molar refractivity (Wildman–Crippen MR) is 96.8 cm³/mol. The molecule has 0 amide bonds. The average molecular weight is 391 g/mol. The summed E-state index contributed by atoms with van der Waals surface area (Å²) in [6.07, 6.45) is -0.213. The Morgan fingerprint density at radius 3 is 2.52 bits per heavy atom. The highest BCUT2D eigenvalue weighted by atomic mass is 32.2. The molecule has 140 valence electrons. The maximum Gasteiger partial charge on any atom is 0.511 e. The molecule has 0 spiro atoms. The van der Waals surface area contributed by atoms with Gasteiger partial charge in [0.25, 0.3) is 11.4 Å². The predicted octanol–water partition coefficient (Wildman–Crippen LogP) is 4.08. The van der Waals surface area contributed by atoms with Crippen molar-refractivity contribution in [3.8, 4) is 5.75 Å². The van der Waals surface area contributed by atoms with Crippen LogP contribution in [0.4, 0.5) is 16.2 Å². The normalized spacial score (nSPS) is 11.4. The number of carboxylic acid groups (broad SMARTS) is 1. The molecule has 2 aromatic rings. The topological polar surface area (TPSA) is 145 Å². The van der Waals surface area contributed by atoms with Gasteiger partial charge in [-0.25, -0.2) is 9.52 Å². The smallest absolute Gasteiger partial charge is 0.449 e. The third-order valence-corrected chi connectivity index (χ3v) is 4.27. The van der Waals surface area contributed by atoms with E-state index in [-0.39, 0.29) is 22.7 Å². The zero-order valence-corrected chi connectivity index (χ0v) is 14.4. The van der Waals surface area contributed by atoms with E-state index < -0.39 is 22.0 Å². The van der Waals surface area contributed by atoms with Crippen LogP contribution < -0.4 is 9.46 Å². The molecule has 0 heterocycles. The number of nitrogens with one attached hydrogen (secondary N) is 1. The van der Waals surface area contributed by atoms with E-state index in [9.17, 15) is 25.0 Å². The van der Waals surface area contributed by atoms with Gasteiger partial charge in [0.1, 0.15) is 10.6 Å². The number of carbonyl (C=O) groups is 1. The fourth-order valence-electron chi connectivity index (χ4n) is 2.14. The molecule has 0 saturated heterocycles. The molecule has 0 aliphatic carbocycles. The minimum Gasteiger partial charge on any atom is -0.449 e. The summed E-state index contributed by atoms with van der Waals surface area (Å²) in [5, 5.41) is 31.0. The molecule has 0 saturated carbocycles. The van der Waals surface area contributed by atoms with Crippen LogP contribution in [0.15, 0.2) is 60.0 Å². The average Bonchev–Trinajstić information content (AvgIpc) is 2.62. The standard InChI is InChI=1S/C16H13N3O7S/c1-2-12(17-27-15-6-4-3-5-13(15)19(24)25)11-9-10(18(22)23)7-8-14(11)26-16(20)21/h2-9,12,17H,1H2,(H,20,21). The molecule has 0 aromatic heterocycles. The third kappa shape index (κ3) is 5.03. The van der Waals surface area contributed by atoms with Crippen molar-refractivity contribution in [1.82, 2.24) is 4.72 Å². The van der Waals surface area contributed by atoms with Gasteiger partial charge in [0, 0.05) is 23.8 Å². The van der Waals surface area contributed by atoms with Crippen molar-refractivity contribution in [2.45, 2.75) is 10.9 Å². The van der Waals surface area contributed by atoms with E-state index in [1.165, 1.54) is 24.3 Å². The maximum atomic E-state index is 11.1. The van der Waals surface area contributed by atoms with E-state index in [4.69, 9.17) is 5.11 Å². The van der Waals surface area contributed by atoms with E-state index in [0.717, 1.165) is 30.1 Å². The lowest BCUT2D eigenvalue weighted by atomic mass is 10.1. The van der Waals surface area contributed by atoms with Gasteiger partial charge in [-0.1, -0.05) is 18.2 Å². The fraction of sp³-hybridized carbons (Fsp3) is 0.0625. The Kier molecular flexibility index (Phi) is 6.46. The summed E-state index contributed by atoms with van der Waals surface area (Å²) in [7, 11) is 0. The van der Waals surface area contributed by atoms with Crippen LogP contribution in [0.25, 0.3) is 0 Å².